The molecule has 2 unspecified atom stereocenters. The predicted molar refractivity (Wildman–Crippen MR) is 56.1 cm³/mol. The van der Waals surface area contributed by atoms with Crippen molar-refractivity contribution in [1.29, 1.82) is 0 Å². The van der Waals surface area contributed by atoms with E-state index in [-0.39, 0.29) is 24.4 Å². The Kier molecular flexibility index (Phi) is 7.09. The molecule has 0 bridgehead atoms. The van der Waals surface area contributed by atoms with Gasteiger partial charge in [0.25, 0.3) is 0 Å². The normalized spacial score (nSPS) is 16.3. The summed E-state index contributed by atoms with van der Waals surface area (Å²) in [5, 5.41) is 12.7. The van der Waals surface area contributed by atoms with Crippen LogP contribution < -0.4 is 5.32 Å². The van der Waals surface area contributed by atoms with Crippen molar-refractivity contribution < 1.29 is 14.6 Å². The van der Waals surface area contributed by atoms with Crippen LogP contribution in [0, 0.1) is 5.92 Å². The van der Waals surface area contributed by atoms with Crippen LogP contribution in [0.15, 0.2) is 0 Å². The van der Waals surface area contributed by atoms with E-state index in [1.807, 2.05) is 20.8 Å². The first-order valence-electron chi connectivity index (χ1n) is 5.00. The van der Waals surface area contributed by atoms with Crippen molar-refractivity contribution in [1.82, 2.24) is 5.32 Å². The third-order valence-electron chi connectivity index (χ3n) is 2.29. The molecule has 0 saturated heterocycles. The summed E-state index contributed by atoms with van der Waals surface area (Å²) >= 11 is 0. The lowest BCUT2D eigenvalue weighted by Crippen LogP contribution is -2.43. The molecule has 0 spiro atoms. The Hall–Kier alpha value is -0.160. The number of methoxy groups -OCH3 is 2. The van der Waals surface area contributed by atoms with Crippen LogP contribution in [0.1, 0.15) is 20.8 Å². The van der Waals surface area contributed by atoms with Crippen LogP contribution in [0.5, 0.6) is 0 Å². The van der Waals surface area contributed by atoms with Crippen LogP contribution in [0.25, 0.3) is 0 Å². The largest absolute Gasteiger partial charge is 0.392 e. The van der Waals surface area contributed by atoms with Crippen LogP contribution >= 0.6 is 0 Å². The summed E-state index contributed by atoms with van der Waals surface area (Å²) in [6, 6.07) is 0.0680. The molecule has 0 radical (unpaired) electrons. The molecule has 0 fully saturated rings. The maximum atomic E-state index is 9.56. The molecule has 0 aliphatic rings. The van der Waals surface area contributed by atoms with E-state index in [0.717, 1.165) is 0 Å². The van der Waals surface area contributed by atoms with Gasteiger partial charge in [0, 0.05) is 20.8 Å². The minimum Gasteiger partial charge on any atom is -0.392 e. The lowest BCUT2D eigenvalue weighted by atomic mass is 10.1. The Bertz CT molecular complexity index is 137. The first-order chi connectivity index (χ1) is 6.52. The number of aliphatic hydroxyl groups is 1. The van der Waals surface area contributed by atoms with Crippen molar-refractivity contribution in [2.24, 2.45) is 5.92 Å². The highest BCUT2D eigenvalue weighted by Gasteiger charge is 2.17. The van der Waals surface area contributed by atoms with Gasteiger partial charge in [0.05, 0.1) is 12.1 Å². The smallest absolute Gasteiger partial charge is 0.171 e. The topological polar surface area (TPSA) is 50.7 Å². The van der Waals surface area contributed by atoms with Crippen molar-refractivity contribution in [2.45, 2.75) is 39.2 Å². The van der Waals surface area contributed by atoms with Gasteiger partial charge in [-0.3, -0.25) is 0 Å². The standard InChI is InChI=1S/C10H23NO3/c1-7(2)9(12)6-11-8(3)10(13-4)14-5/h7-12H,6H2,1-5H3. The molecule has 2 N–H and O–H groups in total. The van der Waals surface area contributed by atoms with Crippen molar-refractivity contribution in [2.75, 3.05) is 20.8 Å². The quantitative estimate of drug-likeness (QED) is 0.598. The molecule has 0 aromatic heterocycles. The van der Waals surface area contributed by atoms with Gasteiger partial charge in [-0.25, -0.2) is 0 Å². The van der Waals surface area contributed by atoms with Crippen LogP contribution in [0.2, 0.25) is 0 Å². The third kappa shape index (κ3) is 4.91. The number of nitrogens with one attached hydrogen (secondary N) is 1. The zero-order chi connectivity index (χ0) is 11.1. The number of hydrogen-bond acceptors (Lipinski definition) is 4. The van der Waals surface area contributed by atoms with Gasteiger partial charge in [-0.2, -0.15) is 0 Å². The van der Waals surface area contributed by atoms with Gasteiger partial charge in [-0.1, -0.05) is 13.8 Å². The molecule has 4 nitrogen and oxygen atoms in total. The summed E-state index contributed by atoms with van der Waals surface area (Å²) in [5.41, 5.74) is 0. The van der Waals surface area contributed by atoms with Crippen molar-refractivity contribution in [3.05, 3.63) is 0 Å². The number of hydrogen-bond donors (Lipinski definition) is 2. The van der Waals surface area contributed by atoms with Crippen molar-refractivity contribution >= 4 is 0 Å². The van der Waals surface area contributed by atoms with E-state index in [0.29, 0.717) is 6.54 Å². The fraction of sp³-hybridized carbons (Fsp3) is 1.00. The molecule has 14 heavy (non-hydrogen) atoms. The van der Waals surface area contributed by atoms with Gasteiger partial charge in [0.1, 0.15) is 0 Å². The number of rotatable bonds is 7. The van der Waals surface area contributed by atoms with E-state index >= 15 is 0 Å². The second-order valence-electron chi connectivity index (χ2n) is 3.85. The maximum absolute atomic E-state index is 9.56. The zero-order valence-corrected chi connectivity index (χ0v) is 9.78. The minimum atomic E-state index is -0.327. The molecule has 0 amide bonds. The SMILES string of the molecule is COC(OC)C(C)NCC(O)C(C)C. The summed E-state index contributed by atoms with van der Waals surface area (Å²) in [6.07, 6.45) is -0.596. The van der Waals surface area contributed by atoms with Gasteiger partial charge in [0.15, 0.2) is 6.29 Å². The second-order valence-corrected chi connectivity index (χ2v) is 3.85. The molecular formula is C10H23NO3. The summed E-state index contributed by atoms with van der Waals surface area (Å²) in [5.74, 6) is 0.262. The highest BCUT2D eigenvalue weighted by Crippen LogP contribution is 2.02. The Labute approximate surface area is 86.6 Å². The Balaban J connectivity index is 3.77. The number of aliphatic hydroxyl groups excluding tert-OH is 1. The van der Waals surface area contributed by atoms with Gasteiger partial charge in [-0.15, -0.1) is 0 Å². The summed E-state index contributed by atoms with van der Waals surface area (Å²) in [6.45, 7) is 6.50. The molecule has 4 heteroatoms. The molecule has 0 aliphatic heterocycles. The first-order valence-corrected chi connectivity index (χ1v) is 5.00. The second kappa shape index (κ2) is 7.17. The van der Waals surface area contributed by atoms with E-state index in [2.05, 4.69) is 5.32 Å². The van der Waals surface area contributed by atoms with Gasteiger partial charge in [-0.05, 0) is 12.8 Å². The Morgan fingerprint density at radius 2 is 1.64 bits per heavy atom. The molecule has 0 saturated carbocycles. The number of ether oxygens (including phenoxy) is 2. The average Bonchev–Trinajstić information content (AvgIpc) is 2.15. The summed E-state index contributed by atoms with van der Waals surface area (Å²) < 4.78 is 10.2. The van der Waals surface area contributed by atoms with E-state index in [1.165, 1.54) is 0 Å². The highest BCUT2D eigenvalue weighted by atomic mass is 16.7. The van der Waals surface area contributed by atoms with Crippen LogP contribution in [0.3, 0.4) is 0 Å². The van der Waals surface area contributed by atoms with E-state index in [9.17, 15) is 5.11 Å². The molecule has 0 heterocycles. The molecule has 0 rings (SSSR count). The molecule has 0 aromatic rings. The molecule has 0 aliphatic carbocycles. The van der Waals surface area contributed by atoms with Crippen molar-refractivity contribution in [3.63, 3.8) is 0 Å². The van der Waals surface area contributed by atoms with Gasteiger partial charge < -0.3 is 19.9 Å². The average molecular weight is 205 g/mol. The summed E-state index contributed by atoms with van der Waals surface area (Å²) in [4.78, 5) is 0. The molecule has 2 atom stereocenters. The van der Waals surface area contributed by atoms with Crippen LogP contribution in [-0.4, -0.2) is 44.3 Å². The van der Waals surface area contributed by atoms with E-state index in [1.54, 1.807) is 14.2 Å². The summed E-state index contributed by atoms with van der Waals surface area (Å²) in [7, 11) is 3.20. The minimum absolute atomic E-state index is 0.0680. The van der Waals surface area contributed by atoms with Crippen LogP contribution in [-0.2, 0) is 9.47 Å². The maximum Gasteiger partial charge on any atom is 0.171 e. The van der Waals surface area contributed by atoms with Crippen molar-refractivity contribution in [3.8, 4) is 0 Å². The fourth-order valence-corrected chi connectivity index (χ4v) is 1.14. The molecule has 0 aromatic carbocycles. The van der Waals surface area contributed by atoms with Gasteiger partial charge in [0.2, 0.25) is 0 Å². The first kappa shape index (κ1) is 13.8. The monoisotopic (exact) mass is 205 g/mol. The van der Waals surface area contributed by atoms with E-state index in [4.69, 9.17) is 9.47 Å². The highest BCUT2D eigenvalue weighted by molar-refractivity contribution is 4.69. The zero-order valence-electron chi connectivity index (χ0n) is 9.78. The lowest BCUT2D eigenvalue weighted by molar-refractivity contribution is -0.120. The van der Waals surface area contributed by atoms with Crippen LogP contribution in [0.4, 0.5) is 0 Å². The Morgan fingerprint density at radius 1 is 1.14 bits per heavy atom. The lowest BCUT2D eigenvalue weighted by Gasteiger charge is -2.24. The molecule has 86 valence electrons. The van der Waals surface area contributed by atoms with Gasteiger partial charge >= 0.3 is 0 Å². The third-order valence-corrected chi connectivity index (χ3v) is 2.29. The molecular weight excluding hydrogens is 182 g/mol. The van der Waals surface area contributed by atoms with E-state index < -0.39 is 0 Å². The predicted octanol–water partition coefficient (Wildman–Crippen LogP) is 0.600. The Morgan fingerprint density at radius 3 is 2.00 bits per heavy atom. The fourth-order valence-electron chi connectivity index (χ4n) is 1.14.